The average molecular weight is 335 g/mol. The van der Waals surface area contributed by atoms with E-state index in [-0.39, 0.29) is 0 Å². The number of nitrogens with zero attached hydrogens (tertiary/aromatic N) is 4. The molecule has 0 aliphatic carbocycles. The number of hydrogen-bond acceptors (Lipinski definition) is 2. The van der Waals surface area contributed by atoms with Gasteiger partial charge in [-0.15, -0.1) is 0 Å². The van der Waals surface area contributed by atoms with Crippen LogP contribution in [-0.2, 0) is 27.3 Å². The molecular weight excluding hydrogens is 319 g/mol. The normalized spacial score (nSPS) is 10.8. The number of aromatic nitrogens is 1. The summed E-state index contributed by atoms with van der Waals surface area (Å²) < 4.78 is 0. The van der Waals surface area contributed by atoms with Crippen molar-refractivity contribution in [2.75, 3.05) is 14.1 Å². The van der Waals surface area contributed by atoms with Crippen molar-refractivity contribution in [2.24, 2.45) is 5.10 Å². The Kier molecular flexibility index (Phi) is 9.14. The van der Waals surface area contributed by atoms with Crippen LogP contribution in [0.2, 0.25) is 0 Å². The van der Waals surface area contributed by atoms with Crippen molar-refractivity contribution in [3.8, 4) is 0 Å². The summed E-state index contributed by atoms with van der Waals surface area (Å²) >= 11 is 7.84. The minimum atomic E-state index is 0.562. The third-order valence-corrected chi connectivity index (χ3v) is 2.44. The Balaban J connectivity index is 0.00000137. The Morgan fingerprint density at radius 2 is 2.06 bits per heavy atom. The second-order valence-electron chi connectivity index (χ2n) is 3.64. The molecule has 0 atom stereocenters. The van der Waals surface area contributed by atoms with Crippen molar-refractivity contribution in [1.29, 1.82) is 0 Å². The van der Waals surface area contributed by atoms with Crippen molar-refractivity contribution in [3.63, 3.8) is 0 Å². The van der Waals surface area contributed by atoms with Crippen molar-refractivity contribution in [3.05, 3.63) is 35.0 Å². The maximum atomic E-state index is 4.36. The molecule has 1 aromatic heterocycles. The second-order valence-corrected chi connectivity index (χ2v) is 4.04. The fourth-order valence-electron chi connectivity index (χ4n) is 1.00. The minimum absolute atomic E-state index is 0.562. The third-order valence-electron chi connectivity index (χ3n) is 1.95. The molecule has 103 valence electrons. The fourth-order valence-corrected chi connectivity index (χ4v) is 1.05. The van der Waals surface area contributed by atoms with Crippen LogP contribution in [0.3, 0.4) is 0 Å². The zero-order valence-electron chi connectivity index (χ0n) is 10.6. The molecule has 1 heterocycles. The summed E-state index contributed by atoms with van der Waals surface area (Å²) in [6.45, 7) is 3.83. The number of halogens is 1. The monoisotopic (exact) mass is 334 g/mol. The summed E-state index contributed by atoms with van der Waals surface area (Å²) in [6, 6.07) is 5.81. The van der Waals surface area contributed by atoms with Crippen molar-refractivity contribution < 1.29 is 15.1 Å². The molecule has 0 aliphatic rings. The SMILES string of the molecule is CC(=N[N-]C(=[SH+])N(C)C)c1cccc(C)n1.[Cl][Cu+]. The summed E-state index contributed by atoms with van der Waals surface area (Å²) in [5.41, 5.74) is 6.56. The van der Waals surface area contributed by atoms with Gasteiger partial charge in [0, 0.05) is 11.4 Å². The molecule has 0 amide bonds. The van der Waals surface area contributed by atoms with Crippen molar-refractivity contribution in [1.82, 2.24) is 9.88 Å². The van der Waals surface area contributed by atoms with E-state index in [4.69, 9.17) is 0 Å². The molecule has 0 N–H and O–H groups in total. The molecule has 0 radical (unpaired) electrons. The first-order valence-corrected chi connectivity index (χ1v) is 6.79. The Bertz CT molecular complexity index is 423. The van der Waals surface area contributed by atoms with Gasteiger partial charge in [0.2, 0.25) is 0 Å². The van der Waals surface area contributed by atoms with Crippen LogP contribution in [0.1, 0.15) is 18.3 Å². The zero-order chi connectivity index (χ0) is 14.1. The first-order valence-electron chi connectivity index (χ1n) is 5.04. The number of pyridine rings is 1. The van der Waals surface area contributed by atoms with E-state index in [0.29, 0.717) is 5.11 Å². The number of aryl methyl sites for hydroxylation is 1. The molecule has 0 aromatic carbocycles. The van der Waals surface area contributed by atoms with Gasteiger partial charge >= 0.3 is 25.2 Å². The van der Waals surface area contributed by atoms with Crippen LogP contribution < -0.4 is 0 Å². The van der Waals surface area contributed by atoms with Gasteiger partial charge < -0.3 is 10.5 Å². The second kappa shape index (κ2) is 9.41. The third kappa shape index (κ3) is 6.42. The Morgan fingerprint density at radius 3 is 2.56 bits per heavy atom. The van der Waals surface area contributed by atoms with E-state index in [1.165, 1.54) is 0 Å². The molecule has 0 bridgehead atoms. The van der Waals surface area contributed by atoms with E-state index in [9.17, 15) is 0 Å². The van der Waals surface area contributed by atoms with E-state index in [1.54, 1.807) is 4.90 Å². The standard InChI is InChI=1S/C11H16N4S.ClH.Cu/c1-8-6-5-7-10(12-8)9(2)13-14-11(16)15(3)4;;/h5-7H,1-4H3,(H,12,14,16);1H;/q;;+2/p-1. The average Bonchev–Trinajstić information content (AvgIpc) is 2.37. The molecule has 1 aromatic rings. The molecule has 0 aliphatic heterocycles. The van der Waals surface area contributed by atoms with Gasteiger partial charge in [-0.25, -0.2) is 0 Å². The van der Waals surface area contributed by atoms with Gasteiger partial charge in [-0.1, -0.05) is 6.07 Å². The molecule has 0 saturated heterocycles. The predicted molar refractivity (Wildman–Crippen MR) is 77.9 cm³/mol. The molecule has 0 saturated carbocycles. The zero-order valence-corrected chi connectivity index (χ0v) is 13.2. The van der Waals surface area contributed by atoms with Crippen LogP contribution >= 0.6 is 10.1 Å². The molecule has 0 spiro atoms. The predicted octanol–water partition coefficient (Wildman–Crippen LogP) is 2.10. The topological polar surface area (TPSA) is 42.6 Å². The molecule has 7 heteroatoms. The van der Waals surface area contributed by atoms with E-state index in [1.807, 2.05) is 46.1 Å². The van der Waals surface area contributed by atoms with Crippen LogP contribution in [-0.4, -0.2) is 34.8 Å². The summed E-state index contributed by atoms with van der Waals surface area (Å²) in [4.78, 5) is 6.14. The van der Waals surface area contributed by atoms with Gasteiger partial charge in [0.15, 0.2) is 17.3 Å². The fraction of sp³-hybridized carbons (Fsp3) is 0.364. The van der Waals surface area contributed by atoms with Crippen LogP contribution in [0.25, 0.3) is 5.43 Å². The van der Waals surface area contributed by atoms with Crippen LogP contribution in [0.4, 0.5) is 0 Å². The molecule has 0 unspecified atom stereocenters. The van der Waals surface area contributed by atoms with E-state index >= 15 is 0 Å². The molecule has 4 nitrogen and oxygen atoms in total. The molecule has 18 heavy (non-hydrogen) atoms. The molecular formula is C11H16ClCuN4S+. The van der Waals surface area contributed by atoms with Gasteiger partial charge in [0.1, 0.15) is 0 Å². The van der Waals surface area contributed by atoms with E-state index in [2.05, 4.69) is 52.9 Å². The van der Waals surface area contributed by atoms with Gasteiger partial charge in [0.05, 0.1) is 5.69 Å². The summed E-state index contributed by atoms with van der Waals surface area (Å²) in [6.07, 6.45) is 0. The first kappa shape index (κ1) is 17.5. The van der Waals surface area contributed by atoms with Gasteiger partial charge in [0.25, 0.3) is 0 Å². The summed E-state index contributed by atoms with van der Waals surface area (Å²) in [7, 11) is 7.93. The van der Waals surface area contributed by atoms with Crippen LogP contribution in [0.5, 0.6) is 0 Å². The number of thiol groups is 1. The number of rotatable bonds is 2. The Labute approximate surface area is 126 Å². The summed E-state index contributed by atoms with van der Waals surface area (Å²) in [5, 5.41) is 4.64. The summed E-state index contributed by atoms with van der Waals surface area (Å²) in [5.74, 6) is 0. The van der Waals surface area contributed by atoms with E-state index < -0.39 is 0 Å². The first-order chi connectivity index (χ1) is 8.50. The van der Waals surface area contributed by atoms with Gasteiger partial charge in [-0.3, -0.25) is 9.88 Å². The quantitative estimate of drug-likeness (QED) is 0.207. The number of hydrogen-bond donors (Lipinski definition) is 0. The van der Waals surface area contributed by atoms with Gasteiger partial charge in [-0.2, -0.15) is 0 Å². The van der Waals surface area contributed by atoms with Crippen LogP contribution in [0, 0.1) is 6.92 Å². The van der Waals surface area contributed by atoms with Crippen LogP contribution in [0.15, 0.2) is 23.3 Å². The molecule has 0 fully saturated rings. The Morgan fingerprint density at radius 1 is 1.44 bits per heavy atom. The van der Waals surface area contributed by atoms with Crippen molar-refractivity contribution >= 4 is 33.1 Å². The van der Waals surface area contributed by atoms with Gasteiger partial charge in [-0.05, 0) is 40.1 Å². The van der Waals surface area contributed by atoms with Crippen molar-refractivity contribution in [2.45, 2.75) is 13.8 Å². The Hall–Kier alpha value is -0.521. The van der Waals surface area contributed by atoms with E-state index in [0.717, 1.165) is 17.1 Å². The molecule has 1 rings (SSSR count). The maximum absolute atomic E-state index is 4.36.